The predicted molar refractivity (Wildman–Crippen MR) is 80.0 cm³/mol. The number of rotatable bonds is 7. The first-order valence-electron chi connectivity index (χ1n) is 6.58. The molecule has 0 aliphatic rings. The Labute approximate surface area is 118 Å². The molecule has 0 aliphatic heterocycles. The van der Waals surface area contributed by atoms with Crippen molar-refractivity contribution in [2.75, 3.05) is 14.1 Å². The molecule has 0 spiro atoms. The SMILES string of the molecule is C=C(CCCC)[N+](C)(C)Cc1ccc(S(=O)O)cc1. The van der Waals surface area contributed by atoms with Gasteiger partial charge in [0.15, 0.2) is 11.1 Å². The van der Waals surface area contributed by atoms with E-state index in [1.807, 2.05) is 12.1 Å². The zero-order chi connectivity index (χ0) is 14.5. The lowest BCUT2D eigenvalue weighted by Gasteiger charge is -2.31. The molecule has 0 saturated carbocycles. The zero-order valence-corrected chi connectivity index (χ0v) is 12.9. The first-order valence-corrected chi connectivity index (χ1v) is 7.68. The van der Waals surface area contributed by atoms with Crippen molar-refractivity contribution in [1.82, 2.24) is 0 Å². The van der Waals surface area contributed by atoms with E-state index >= 15 is 0 Å². The van der Waals surface area contributed by atoms with Crippen LogP contribution in [0.4, 0.5) is 0 Å². The van der Waals surface area contributed by atoms with Crippen LogP contribution in [0.2, 0.25) is 0 Å². The highest BCUT2D eigenvalue weighted by molar-refractivity contribution is 7.79. The Bertz CT molecular complexity index is 452. The van der Waals surface area contributed by atoms with Gasteiger partial charge >= 0.3 is 0 Å². The number of allylic oxidation sites excluding steroid dienone is 1. The molecule has 0 aliphatic carbocycles. The van der Waals surface area contributed by atoms with Crippen LogP contribution in [0, 0.1) is 0 Å². The monoisotopic (exact) mass is 282 g/mol. The van der Waals surface area contributed by atoms with Crippen molar-refractivity contribution in [1.29, 1.82) is 0 Å². The Morgan fingerprint density at radius 1 is 1.32 bits per heavy atom. The highest BCUT2D eigenvalue weighted by atomic mass is 32.2. The summed E-state index contributed by atoms with van der Waals surface area (Å²) in [5.41, 5.74) is 2.37. The fourth-order valence-electron chi connectivity index (χ4n) is 1.96. The Morgan fingerprint density at radius 2 is 1.89 bits per heavy atom. The maximum absolute atomic E-state index is 10.9. The van der Waals surface area contributed by atoms with Crippen LogP contribution in [0.3, 0.4) is 0 Å². The van der Waals surface area contributed by atoms with Crippen molar-refractivity contribution in [3.63, 3.8) is 0 Å². The number of unbranched alkanes of at least 4 members (excludes halogenated alkanes) is 1. The molecule has 1 aromatic carbocycles. The van der Waals surface area contributed by atoms with E-state index in [0.717, 1.165) is 23.0 Å². The second-order valence-electron chi connectivity index (χ2n) is 5.41. The summed E-state index contributed by atoms with van der Waals surface area (Å²) in [7, 11) is 4.30. The summed E-state index contributed by atoms with van der Waals surface area (Å²) in [6.45, 7) is 7.22. The van der Waals surface area contributed by atoms with E-state index in [0.29, 0.717) is 4.90 Å². The van der Waals surface area contributed by atoms with Crippen molar-refractivity contribution in [2.45, 2.75) is 37.6 Å². The first-order chi connectivity index (χ1) is 8.86. The highest BCUT2D eigenvalue weighted by Gasteiger charge is 2.20. The molecule has 1 atom stereocenters. The van der Waals surface area contributed by atoms with Gasteiger partial charge in [0.1, 0.15) is 12.2 Å². The number of quaternary nitrogens is 1. The van der Waals surface area contributed by atoms with Gasteiger partial charge in [0, 0.05) is 12.0 Å². The Kier molecular flexibility index (Phi) is 5.91. The molecule has 0 heterocycles. The standard InChI is InChI=1S/C15H23NO2S/c1-5-6-7-13(2)16(3,4)12-14-8-10-15(11-9-14)19(17)18/h8-11H,2,5-7,12H2,1,3-4H3/p+1. The van der Waals surface area contributed by atoms with Crippen molar-refractivity contribution in [3.8, 4) is 0 Å². The fraction of sp³-hybridized carbons (Fsp3) is 0.467. The third-order valence-corrected chi connectivity index (χ3v) is 4.05. The van der Waals surface area contributed by atoms with Gasteiger partial charge in [-0.1, -0.05) is 25.5 Å². The van der Waals surface area contributed by atoms with Crippen molar-refractivity contribution in [3.05, 3.63) is 42.1 Å². The molecule has 0 bridgehead atoms. The summed E-state index contributed by atoms with van der Waals surface area (Å²) in [5.74, 6) is 0. The van der Waals surface area contributed by atoms with Crippen LogP contribution in [0.1, 0.15) is 31.7 Å². The minimum Gasteiger partial charge on any atom is -0.302 e. The van der Waals surface area contributed by atoms with E-state index in [4.69, 9.17) is 4.55 Å². The van der Waals surface area contributed by atoms with Crippen LogP contribution in [-0.2, 0) is 17.6 Å². The van der Waals surface area contributed by atoms with Gasteiger partial charge in [-0.2, -0.15) is 0 Å². The van der Waals surface area contributed by atoms with Gasteiger partial charge in [-0.05, 0) is 25.1 Å². The average Bonchev–Trinajstić information content (AvgIpc) is 2.36. The average molecular weight is 282 g/mol. The highest BCUT2D eigenvalue weighted by Crippen LogP contribution is 2.20. The van der Waals surface area contributed by atoms with E-state index in [1.165, 1.54) is 18.5 Å². The topological polar surface area (TPSA) is 37.3 Å². The molecular weight excluding hydrogens is 258 g/mol. The minimum absolute atomic E-state index is 0.443. The van der Waals surface area contributed by atoms with Crippen LogP contribution in [-0.4, -0.2) is 27.3 Å². The molecule has 1 aromatic rings. The lowest BCUT2D eigenvalue weighted by atomic mass is 10.1. The smallest absolute Gasteiger partial charge is 0.186 e. The number of hydrogen-bond acceptors (Lipinski definition) is 1. The normalized spacial score (nSPS) is 13.3. The van der Waals surface area contributed by atoms with E-state index in [2.05, 4.69) is 27.6 Å². The van der Waals surface area contributed by atoms with Crippen molar-refractivity contribution < 1.29 is 13.2 Å². The molecule has 1 unspecified atom stereocenters. The largest absolute Gasteiger partial charge is 0.302 e. The summed E-state index contributed by atoms with van der Waals surface area (Å²) in [5, 5.41) is 0. The van der Waals surface area contributed by atoms with Crippen molar-refractivity contribution in [2.24, 2.45) is 0 Å². The van der Waals surface area contributed by atoms with Crippen molar-refractivity contribution >= 4 is 11.1 Å². The quantitative estimate of drug-likeness (QED) is 0.613. The predicted octanol–water partition coefficient (Wildman–Crippen LogP) is 3.55. The van der Waals surface area contributed by atoms with E-state index in [-0.39, 0.29) is 0 Å². The molecule has 0 aromatic heterocycles. The van der Waals surface area contributed by atoms with Gasteiger partial charge in [0.25, 0.3) is 0 Å². The molecule has 4 heteroatoms. The van der Waals surface area contributed by atoms with Crippen LogP contribution < -0.4 is 0 Å². The molecule has 1 rings (SSSR count). The maximum Gasteiger partial charge on any atom is 0.186 e. The maximum atomic E-state index is 10.9. The summed E-state index contributed by atoms with van der Waals surface area (Å²) in [6.07, 6.45) is 3.39. The number of benzene rings is 1. The molecule has 1 N–H and O–H groups in total. The third-order valence-electron chi connectivity index (χ3n) is 3.38. The molecule has 19 heavy (non-hydrogen) atoms. The summed E-state index contributed by atoms with van der Waals surface area (Å²) < 4.78 is 20.7. The van der Waals surface area contributed by atoms with Crippen LogP contribution in [0.15, 0.2) is 41.4 Å². The molecular formula is C15H24NO2S+. The summed E-state index contributed by atoms with van der Waals surface area (Å²) in [6, 6.07) is 7.24. The molecule has 106 valence electrons. The molecule has 3 nitrogen and oxygen atoms in total. The molecule has 0 fully saturated rings. The zero-order valence-electron chi connectivity index (χ0n) is 12.1. The van der Waals surface area contributed by atoms with Gasteiger partial charge in [-0.15, -0.1) is 0 Å². The van der Waals surface area contributed by atoms with Gasteiger partial charge in [-0.25, -0.2) is 4.21 Å². The van der Waals surface area contributed by atoms with E-state index in [1.54, 1.807) is 12.1 Å². The molecule has 0 amide bonds. The second kappa shape index (κ2) is 6.98. The third kappa shape index (κ3) is 4.90. The van der Waals surface area contributed by atoms with Crippen LogP contribution >= 0.6 is 0 Å². The van der Waals surface area contributed by atoms with Gasteiger partial charge in [-0.3, -0.25) is 4.48 Å². The Morgan fingerprint density at radius 3 is 2.37 bits per heavy atom. The minimum atomic E-state index is -1.90. The summed E-state index contributed by atoms with van der Waals surface area (Å²) >= 11 is -1.90. The lowest BCUT2D eigenvalue weighted by Crippen LogP contribution is -2.37. The van der Waals surface area contributed by atoms with Gasteiger partial charge < -0.3 is 4.55 Å². The lowest BCUT2D eigenvalue weighted by molar-refractivity contribution is -0.867. The van der Waals surface area contributed by atoms with E-state index < -0.39 is 11.1 Å². The molecule has 0 radical (unpaired) electrons. The second-order valence-corrected chi connectivity index (χ2v) is 6.38. The summed E-state index contributed by atoms with van der Waals surface area (Å²) in [4.78, 5) is 0.443. The Balaban J connectivity index is 2.71. The van der Waals surface area contributed by atoms with E-state index in [9.17, 15) is 4.21 Å². The number of nitrogens with zero attached hydrogens (tertiary/aromatic N) is 1. The van der Waals surface area contributed by atoms with Crippen LogP contribution in [0.5, 0.6) is 0 Å². The number of hydrogen-bond donors (Lipinski definition) is 1. The first kappa shape index (κ1) is 16.1. The Hall–Kier alpha value is -0.970. The van der Waals surface area contributed by atoms with Crippen LogP contribution in [0.25, 0.3) is 0 Å². The van der Waals surface area contributed by atoms with Gasteiger partial charge in [0.05, 0.1) is 19.0 Å². The van der Waals surface area contributed by atoms with Gasteiger partial charge in [0.2, 0.25) is 0 Å². The fourth-order valence-corrected chi connectivity index (χ4v) is 2.33. The molecule has 0 saturated heterocycles.